The van der Waals surface area contributed by atoms with Crippen molar-refractivity contribution in [1.29, 1.82) is 5.26 Å². The van der Waals surface area contributed by atoms with Gasteiger partial charge in [-0.2, -0.15) is 5.26 Å². The molecule has 0 amide bonds. The van der Waals surface area contributed by atoms with Crippen molar-refractivity contribution in [2.24, 2.45) is 10.4 Å². The molecule has 0 aliphatic heterocycles. The number of hydrogen-bond donors (Lipinski definition) is 2. The maximum atomic E-state index is 10.2. The highest BCUT2D eigenvalue weighted by molar-refractivity contribution is 5.80. The first-order chi connectivity index (χ1) is 6.77. The molecular formula is C8H15N5O2. The molecule has 0 aromatic carbocycles. The molecule has 0 aliphatic carbocycles. The van der Waals surface area contributed by atoms with Crippen LogP contribution in [0, 0.1) is 27.0 Å². The fraction of sp³-hybridized carbons (Fsp3) is 0.750. The van der Waals surface area contributed by atoms with Crippen LogP contribution in [0.2, 0.25) is 0 Å². The third-order valence-corrected chi connectivity index (χ3v) is 1.95. The van der Waals surface area contributed by atoms with Crippen molar-refractivity contribution < 1.29 is 5.03 Å². The fourth-order valence-electron chi connectivity index (χ4n) is 0.616. The minimum Gasteiger partial charge on any atom is -0.258 e. The van der Waals surface area contributed by atoms with E-state index in [4.69, 9.17) is 5.26 Å². The number of nitro groups is 1. The van der Waals surface area contributed by atoms with Gasteiger partial charge in [0.25, 0.3) is 5.96 Å². The molecule has 0 aromatic heterocycles. The lowest BCUT2D eigenvalue weighted by molar-refractivity contribution is -0.525. The first-order valence-corrected chi connectivity index (χ1v) is 4.41. The summed E-state index contributed by atoms with van der Waals surface area (Å²) in [6.07, 6.45) is 1.58. The quantitative estimate of drug-likeness (QED) is 0.175. The summed E-state index contributed by atoms with van der Waals surface area (Å²) in [5, 5.41) is 19.9. The maximum Gasteiger partial charge on any atom is 0.267 e. The van der Waals surface area contributed by atoms with E-state index in [9.17, 15) is 10.1 Å². The van der Waals surface area contributed by atoms with Crippen LogP contribution >= 0.6 is 0 Å². The van der Waals surface area contributed by atoms with E-state index in [0.29, 0.717) is 0 Å². The molecule has 0 bridgehead atoms. The van der Waals surface area contributed by atoms with Crippen molar-refractivity contribution in [3.8, 4) is 6.19 Å². The summed E-state index contributed by atoms with van der Waals surface area (Å²) in [6.45, 7) is 7.69. The van der Waals surface area contributed by atoms with Crippen LogP contribution in [0.1, 0.15) is 27.7 Å². The van der Waals surface area contributed by atoms with Crippen molar-refractivity contribution in [1.82, 2.24) is 10.7 Å². The summed E-state index contributed by atoms with van der Waals surface area (Å²) in [5.74, 6) is -0.148. The summed E-state index contributed by atoms with van der Waals surface area (Å²) >= 11 is 0. The van der Waals surface area contributed by atoms with E-state index in [0.717, 1.165) is 0 Å². The molecule has 0 saturated carbocycles. The average Bonchev–Trinajstić information content (AvgIpc) is 2.01. The van der Waals surface area contributed by atoms with Gasteiger partial charge in [0, 0.05) is 0 Å². The van der Waals surface area contributed by atoms with Crippen LogP contribution in [0.5, 0.6) is 0 Å². The molecule has 0 heterocycles. The zero-order valence-electron chi connectivity index (χ0n) is 9.24. The van der Waals surface area contributed by atoms with Crippen molar-refractivity contribution >= 4 is 5.96 Å². The Morgan fingerprint density at radius 2 is 2.13 bits per heavy atom. The number of hydrazine groups is 1. The number of aliphatic imine (C=N–C) groups is 1. The average molecular weight is 213 g/mol. The predicted octanol–water partition coefficient (Wildman–Crippen LogP) is 0.629. The number of rotatable bonds is 2. The highest BCUT2D eigenvalue weighted by atomic mass is 16.7. The molecule has 0 aliphatic rings. The predicted molar refractivity (Wildman–Crippen MR) is 55.2 cm³/mol. The molecule has 1 atom stereocenters. The zero-order chi connectivity index (χ0) is 12.1. The monoisotopic (exact) mass is 213 g/mol. The van der Waals surface area contributed by atoms with Crippen LogP contribution < -0.4 is 10.7 Å². The van der Waals surface area contributed by atoms with Gasteiger partial charge in [0.15, 0.2) is 11.2 Å². The number of hydrogen-bond acceptors (Lipinski definition) is 4. The molecule has 2 N–H and O–H groups in total. The Balaban J connectivity index is 4.69. The molecule has 0 radical (unpaired) electrons. The van der Waals surface area contributed by atoms with Crippen molar-refractivity contribution in [3.63, 3.8) is 0 Å². The van der Waals surface area contributed by atoms with Gasteiger partial charge in [-0.1, -0.05) is 26.2 Å². The van der Waals surface area contributed by atoms with Gasteiger partial charge >= 0.3 is 0 Å². The Bertz CT molecular complexity index is 299. The fourth-order valence-corrected chi connectivity index (χ4v) is 0.616. The third-order valence-electron chi connectivity index (χ3n) is 1.95. The molecule has 7 heteroatoms. The van der Waals surface area contributed by atoms with Crippen LogP contribution in [0.4, 0.5) is 0 Å². The highest BCUT2D eigenvalue weighted by Crippen LogP contribution is 2.21. The Labute approximate surface area is 88.3 Å². The lowest BCUT2D eigenvalue weighted by Gasteiger charge is -2.23. The smallest absolute Gasteiger partial charge is 0.258 e. The Hall–Kier alpha value is -1.84. The van der Waals surface area contributed by atoms with Gasteiger partial charge in [0.1, 0.15) is 0 Å². The first kappa shape index (κ1) is 13.2. The lowest BCUT2D eigenvalue weighted by Crippen LogP contribution is -2.40. The van der Waals surface area contributed by atoms with Gasteiger partial charge in [0.05, 0.1) is 6.04 Å². The van der Waals surface area contributed by atoms with Crippen LogP contribution in [0.15, 0.2) is 4.99 Å². The van der Waals surface area contributed by atoms with E-state index in [2.05, 4.69) is 10.3 Å². The van der Waals surface area contributed by atoms with E-state index >= 15 is 0 Å². The number of guanidine groups is 1. The van der Waals surface area contributed by atoms with Gasteiger partial charge in [-0.15, -0.1) is 0 Å². The normalized spacial score (nSPS) is 13.9. The molecule has 1 unspecified atom stereocenters. The molecule has 7 nitrogen and oxygen atoms in total. The Kier molecular flexibility index (Phi) is 4.51. The third kappa shape index (κ3) is 5.46. The SMILES string of the molecule is CC(N=C(NC#N)N[N+](=O)[O-])C(C)(C)C. The molecule has 0 saturated heterocycles. The van der Waals surface area contributed by atoms with Gasteiger partial charge in [-0.3, -0.25) is 5.32 Å². The largest absolute Gasteiger partial charge is 0.267 e. The minimum absolute atomic E-state index is 0.124. The van der Waals surface area contributed by atoms with Gasteiger partial charge in [0.2, 0.25) is 0 Å². The number of nitrogens with one attached hydrogen (secondary N) is 2. The van der Waals surface area contributed by atoms with E-state index < -0.39 is 5.03 Å². The molecule has 15 heavy (non-hydrogen) atoms. The van der Waals surface area contributed by atoms with Gasteiger partial charge < -0.3 is 0 Å². The topological polar surface area (TPSA) is 103 Å². The van der Waals surface area contributed by atoms with E-state index in [1.807, 2.05) is 33.1 Å². The second-order valence-corrected chi connectivity index (χ2v) is 4.13. The van der Waals surface area contributed by atoms with Crippen LogP contribution in [0.25, 0.3) is 0 Å². The summed E-state index contributed by atoms with van der Waals surface area (Å²) in [4.78, 5) is 14.2. The van der Waals surface area contributed by atoms with E-state index in [1.54, 1.807) is 6.19 Å². The van der Waals surface area contributed by atoms with Crippen molar-refractivity contribution in [2.75, 3.05) is 0 Å². The minimum atomic E-state index is -0.765. The molecular weight excluding hydrogens is 198 g/mol. The van der Waals surface area contributed by atoms with E-state index in [-0.39, 0.29) is 17.4 Å². The number of nitriles is 1. The summed E-state index contributed by atoms with van der Waals surface area (Å²) in [7, 11) is 0. The van der Waals surface area contributed by atoms with Crippen molar-refractivity contribution in [3.05, 3.63) is 10.1 Å². The number of nitrogens with zero attached hydrogens (tertiary/aromatic N) is 3. The summed E-state index contributed by atoms with van der Waals surface area (Å²) in [6, 6.07) is -0.152. The second kappa shape index (κ2) is 5.14. The molecule has 0 aromatic rings. The van der Waals surface area contributed by atoms with E-state index in [1.165, 1.54) is 0 Å². The Morgan fingerprint density at radius 3 is 2.47 bits per heavy atom. The van der Waals surface area contributed by atoms with Crippen LogP contribution in [0.3, 0.4) is 0 Å². The highest BCUT2D eigenvalue weighted by Gasteiger charge is 2.20. The first-order valence-electron chi connectivity index (χ1n) is 4.41. The summed E-state index contributed by atoms with van der Waals surface area (Å²) in [5.41, 5.74) is 1.70. The summed E-state index contributed by atoms with van der Waals surface area (Å²) < 4.78 is 0. The standard InChI is InChI=1S/C8H15N5O2/c1-6(8(2,3)4)11-7(10-5-9)12-13(14)15/h6H,1-4H3,(H2,10,11,12). The lowest BCUT2D eigenvalue weighted by atomic mass is 9.89. The van der Waals surface area contributed by atoms with Crippen molar-refractivity contribution in [2.45, 2.75) is 33.7 Å². The molecule has 0 fully saturated rings. The van der Waals surface area contributed by atoms with Crippen LogP contribution in [-0.2, 0) is 0 Å². The Morgan fingerprint density at radius 1 is 1.60 bits per heavy atom. The molecule has 84 valence electrons. The molecule has 0 rings (SSSR count). The van der Waals surface area contributed by atoms with Crippen LogP contribution in [-0.4, -0.2) is 17.0 Å². The molecule has 0 spiro atoms. The van der Waals surface area contributed by atoms with Gasteiger partial charge in [-0.25, -0.2) is 15.1 Å². The maximum absolute atomic E-state index is 10.2. The second-order valence-electron chi connectivity index (χ2n) is 4.13. The van der Waals surface area contributed by atoms with Gasteiger partial charge in [-0.05, 0) is 12.3 Å². The zero-order valence-corrected chi connectivity index (χ0v) is 9.24.